The molecule has 24 heavy (non-hydrogen) atoms. The second kappa shape index (κ2) is 5.17. The van der Waals surface area contributed by atoms with E-state index in [0.717, 1.165) is 43.4 Å². The van der Waals surface area contributed by atoms with E-state index in [1.54, 1.807) is 6.20 Å². The van der Waals surface area contributed by atoms with Crippen molar-refractivity contribution in [3.8, 4) is 0 Å². The molecule has 7 nitrogen and oxygen atoms in total. The molecular formula is C17H22N6O. The maximum absolute atomic E-state index is 9.72. The Morgan fingerprint density at radius 3 is 3.04 bits per heavy atom. The minimum Gasteiger partial charge on any atom is -0.396 e. The molecule has 126 valence electrons. The van der Waals surface area contributed by atoms with Crippen LogP contribution in [0.2, 0.25) is 0 Å². The first-order chi connectivity index (χ1) is 11.7. The summed E-state index contributed by atoms with van der Waals surface area (Å²) in [5.41, 5.74) is 1.26. The second-order valence-electron chi connectivity index (χ2n) is 7.53. The maximum atomic E-state index is 9.72. The van der Waals surface area contributed by atoms with Crippen molar-refractivity contribution in [2.24, 2.45) is 5.41 Å². The summed E-state index contributed by atoms with van der Waals surface area (Å²) in [6.07, 6.45) is 7.57. The molecule has 0 aromatic carbocycles. The van der Waals surface area contributed by atoms with Crippen LogP contribution in [-0.4, -0.2) is 44.5 Å². The van der Waals surface area contributed by atoms with Gasteiger partial charge in [-0.25, -0.2) is 4.98 Å². The van der Waals surface area contributed by atoms with Gasteiger partial charge in [-0.1, -0.05) is 0 Å². The highest BCUT2D eigenvalue weighted by Crippen LogP contribution is 2.48. The molecule has 3 heterocycles. The van der Waals surface area contributed by atoms with Crippen molar-refractivity contribution in [2.75, 3.05) is 23.4 Å². The Hall–Kier alpha value is -2.15. The normalized spacial score (nSPS) is 28.5. The number of aliphatic hydroxyl groups excluding tert-OH is 1. The van der Waals surface area contributed by atoms with E-state index in [-0.39, 0.29) is 12.0 Å². The van der Waals surface area contributed by atoms with E-state index in [1.165, 1.54) is 18.5 Å². The average Bonchev–Trinajstić information content (AvgIpc) is 3.07. The SMILES string of the molecule is OC[C@]12CC[C@H](C1)N(c1nccc(Nc3cc(C4CC4)[nH]n3)n1)C2. The average molecular weight is 326 g/mol. The van der Waals surface area contributed by atoms with Gasteiger partial charge >= 0.3 is 0 Å². The summed E-state index contributed by atoms with van der Waals surface area (Å²) in [7, 11) is 0. The third-order valence-corrected chi connectivity index (χ3v) is 5.73. The number of aromatic amines is 1. The van der Waals surface area contributed by atoms with Gasteiger partial charge in [0.05, 0.1) is 6.61 Å². The highest BCUT2D eigenvalue weighted by atomic mass is 16.3. The predicted molar refractivity (Wildman–Crippen MR) is 90.4 cm³/mol. The quantitative estimate of drug-likeness (QED) is 0.780. The van der Waals surface area contributed by atoms with Gasteiger partial charge in [0.1, 0.15) is 5.82 Å². The van der Waals surface area contributed by atoms with Crippen LogP contribution in [0.4, 0.5) is 17.6 Å². The van der Waals surface area contributed by atoms with Crippen molar-refractivity contribution in [1.29, 1.82) is 0 Å². The van der Waals surface area contributed by atoms with Crippen molar-refractivity contribution in [2.45, 2.75) is 44.1 Å². The molecule has 5 rings (SSSR count). The lowest BCUT2D eigenvalue weighted by Gasteiger charge is -2.31. The number of rotatable bonds is 5. The van der Waals surface area contributed by atoms with Crippen LogP contribution >= 0.6 is 0 Å². The Morgan fingerprint density at radius 1 is 1.33 bits per heavy atom. The fraction of sp³-hybridized carbons (Fsp3) is 0.588. The molecule has 0 radical (unpaired) electrons. The van der Waals surface area contributed by atoms with Gasteiger partial charge in [0, 0.05) is 41.9 Å². The summed E-state index contributed by atoms with van der Waals surface area (Å²) in [6.45, 7) is 1.11. The van der Waals surface area contributed by atoms with Crippen LogP contribution < -0.4 is 10.2 Å². The van der Waals surface area contributed by atoms with Crippen molar-refractivity contribution in [3.63, 3.8) is 0 Å². The zero-order valence-corrected chi connectivity index (χ0v) is 13.6. The summed E-state index contributed by atoms with van der Waals surface area (Å²) in [5, 5.41) is 20.4. The van der Waals surface area contributed by atoms with Crippen LogP contribution in [-0.2, 0) is 0 Å². The predicted octanol–water partition coefficient (Wildman–Crippen LogP) is 2.17. The van der Waals surface area contributed by atoms with Crippen LogP contribution in [0.1, 0.15) is 43.7 Å². The maximum Gasteiger partial charge on any atom is 0.227 e. The van der Waals surface area contributed by atoms with E-state index in [2.05, 4.69) is 36.4 Å². The van der Waals surface area contributed by atoms with Crippen molar-refractivity contribution < 1.29 is 5.11 Å². The van der Waals surface area contributed by atoms with Crippen molar-refractivity contribution in [1.82, 2.24) is 20.2 Å². The number of piperidine rings is 1. The molecule has 3 fully saturated rings. The van der Waals surface area contributed by atoms with E-state index in [0.29, 0.717) is 12.0 Å². The van der Waals surface area contributed by atoms with Crippen LogP contribution in [0.15, 0.2) is 18.3 Å². The molecule has 2 saturated carbocycles. The molecule has 2 aliphatic carbocycles. The number of fused-ring (bicyclic) bond motifs is 2. The van der Waals surface area contributed by atoms with Crippen molar-refractivity contribution in [3.05, 3.63) is 24.0 Å². The molecule has 2 atom stereocenters. The standard InChI is InChI=1S/C17H22N6O/c24-10-17-5-3-12(8-17)23(9-17)16-18-6-4-14(20-16)19-15-7-13(21-22-15)11-1-2-11/h4,6-7,11-12,24H,1-3,5,8-10H2,(H2,18,19,20,21,22)/t12-,17-/m1/s1. The number of nitrogens with zero attached hydrogens (tertiary/aromatic N) is 4. The van der Waals surface area contributed by atoms with Crippen molar-refractivity contribution >= 4 is 17.6 Å². The van der Waals surface area contributed by atoms with Crippen LogP contribution in [0.3, 0.4) is 0 Å². The molecule has 2 bridgehead atoms. The van der Waals surface area contributed by atoms with Crippen LogP contribution in [0.25, 0.3) is 0 Å². The van der Waals surface area contributed by atoms with Crippen LogP contribution in [0.5, 0.6) is 0 Å². The third kappa shape index (κ3) is 2.34. The van der Waals surface area contributed by atoms with E-state index in [9.17, 15) is 5.11 Å². The fourth-order valence-corrected chi connectivity index (χ4v) is 4.20. The first-order valence-electron chi connectivity index (χ1n) is 8.78. The Kier molecular flexibility index (Phi) is 3.06. The summed E-state index contributed by atoms with van der Waals surface area (Å²) < 4.78 is 0. The number of hydrogen-bond acceptors (Lipinski definition) is 6. The number of nitrogens with one attached hydrogen (secondary N) is 2. The van der Waals surface area contributed by atoms with E-state index in [1.807, 2.05) is 6.07 Å². The Bertz CT molecular complexity index is 757. The number of anilines is 3. The summed E-state index contributed by atoms with van der Waals surface area (Å²) in [5.74, 6) is 2.97. The number of aliphatic hydroxyl groups is 1. The van der Waals surface area contributed by atoms with Gasteiger partial charge in [-0.15, -0.1) is 0 Å². The molecule has 3 aliphatic rings. The second-order valence-corrected chi connectivity index (χ2v) is 7.53. The number of hydrogen-bond donors (Lipinski definition) is 3. The molecule has 2 aromatic heterocycles. The van der Waals surface area contributed by atoms with Gasteiger partial charge in [0.15, 0.2) is 5.82 Å². The van der Waals surface area contributed by atoms with Gasteiger partial charge in [-0.05, 0) is 38.2 Å². The zero-order chi connectivity index (χ0) is 16.1. The van der Waals surface area contributed by atoms with E-state index in [4.69, 9.17) is 0 Å². The first-order valence-corrected chi connectivity index (χ1v) is 8.78. The molecule has 1 saturated heterocycles. The summed E-state index contributed by atoms with van der Waals surface area (Å²) >= 11 is 0. The highest BCUT2D eigenvalue weighted by molar-refractivity contribution is 5.54. The fourth-order valence-electron chi connectivity index (χ4n) is 4.20. The molecule has 1 aliphatic heterocycles. The summed E-state index contributed by atoms with van der Waals surface area (Å²) in [6, 6.07) is 4.39. The highest BCUT2D eigenvalue weighted by Gasteiger charge is 2.49. The summed E-state index contributed by atoms with van der Waals surface area (Å²) in [4.78, 5) is 11.4. The molecule has 0 unspecified atom stereocenters. The molecular weight excluding hydrogens is 304 g/mol. The lowest BCUT2D eigenvalue weighted by molar-refractivity contribution is 0.148. The Balaban J connectivity index is 1.34. The largest absolute Gasteiger partial charge is 0.396 e. The smallest absolute Gasteiger partial charge is 0.227 e. The lowest BCUT2D eigenvalue weighted by Crippen LogP contribution is -2.37. The number of aromatic nitrogens is 4. The monoisotopic (exact) mass is 326 g/mol. The van der Waals surface area contributed by atoms with E-state index >= 15 is 0 Å². The van der Waals surface area contributed by atoms with Gasteiger partial charge < -0.3 is 15.3 Å². The first kappa shape index (κ1) is 14.2. The molecule has 0 amide bonds. The van der Waals surface area contributed by atoms with Gasteiger partial charge in [0.25, 0.3) is 0 Å². The third-order valence-electron chi connectivity index (χ3n) is 5.73. The topological polar surface area (TPSA) is 90.0 Å². The van der Waals surface area contributed by atoms with Gasteiger partial charge in [0.2, 0.25) is 5.95 Å². The minimum atomic E-state index is 0.0544. The Morgan fingerprint density at radius 2 is 2.25 bits per heavy atom. The number of H-pyrrole nitrogens is 1. The lowest BCUT2D eigenvalue weighted by atomic mass is 9.89. The van der Waals surface area contributed by atoms with Gasteiger partial charge in [-0.3, -0.25) is 5.10 Å². The van der Waals surface area contributed by atoms with Gasteiger partial charge in [-0.2, -0.15) is 10.1 Å². The Labute approximate surface area is 140 Å². The van der Waals surface area contributed by atoms with Crippen LogP contribution in [0, 0.1) is 5.41 Å². The van der Waals surface area contributed by atoms with E-state index < -0.39 is 0 Å². The molecule has 7 heteroatoms. The molecule has 0 spiro atoms. The molecule has 2 aromatic rings. The zero-order valence-electron chi connectivity index (χ0n) is 13.6. The molecule has 3 N–H and O–H groups in total. The minimum absolute atomic E-state index is 0.0544.